The highest BCUT2D eigenvalue weighted by molar-refractivity contribution is 5.92. The molecule has 0 aromatic heterocycles. The first-order valence-electron chi connectivity index (χ1n) is 7.80. The van der Waals surface area contributed by atoms with Gasteiger partial charge in [-0.15, -0.1) is 0 Å². The minimum atomic E-state index is -0.794. The Balaban J connectivity index is 2.57. The highest BCUT2D eigenvalue weighted by Gasteiger charge is 2.13. The van der Waals surface area contributed by atoms with Crippen LogP contribution in [0.3, 0.4) is 0 Å². The Morgan fingerprint density at radius 3 is 2.75 bits per heavy atom. The second-order valence-electron chi connectivity index (χ2n) is 5.68. The lowest BCUT2D eigenvalue weighted by Crippen LogP contribution is -2.13. The number of benzene rings is 1. The second kappa shape index (κ2) is 9.55. The van der Waals surface area contributed by atoms with E-state index in [1.807, 2.05) is 51.1 Å². The van der Waals surface area contributed by atoms with Gasteiger partial charge in [-0.2, -0.15) is 0 Å². The van der Waals surface area contributed by atoms with Crippen LogP contribution in [0.4, 0.5) is 0 Å². The van der Waals surface area contributed by atoms with E-state index in [0.717, 1.165) is 16.8 Å². The van der Waals surface area contributed by atoms with E-state index in [1.54, 1.807) is 6.92 Å². The molecule has 5 nitrogen and oxygen atoms in total. The molecule has 0 aliphatic heterocycles. The fourth-order valence-corrected chi connectivity index (χ4v) is 2.00. The maximum Gasteiger partial charge on any atom is 0.306 e. The zero-order valence-electron chi connectivity index (χ0n) is 14.7. The Morgan fingerprint density at radius 2 is 2.17 bits per heavy atom. The number of hydrogen-bond donors (Lipinski definition) is 1. The van der Waals surface area contributed by atoms with Crippen molar-refractivity contribution in [3.8, 4) is 5.75 Å². The number of carboxylic acids is 1. The molecule has 0 aliphatic rings. The van der Waals surface area contributed by atoms with Crippen molar-refractivity contribution in [2.24, 2.45) is 11.1 Å². The Labute approximate surface area is 143 Å². The molecule has 130 valence electrons. The fourth-order valence-electron chi connectivity index (χ4n) is 2.00. The Kier molecular flexibility index (Phi) is 7.75. The quantitative estimate of drug-likeness (QED) is 0.420. The van der Waals surface area contributed by atoms with Crippen molar-refractivity contribution in [2.75, 3.05) is 6.61 Å². The molecule has 0 fully saturated rings. The molecule has 0 aliphatic carbocycles. The zero-order valence-corrected chi connectivity index (χ0v) is 14.7. The normalized spacial score (nSPS) is 12.9. The van der Waals surface area contributed by atoms with E-state index in [2.05, 4.69) is 11.7 Å². The molecular formula is C19H25NO4. The molecular weight excluding hydrogens is 306 g/mol. The maximum absolute atomic E-state index is 10.9. The molecule has 5 heteroatoms. The smallest absolute Gasteiger partial charge is 0.306 e. The van der Waals surface area contributed by atoms with Crippen molar-refractivity contribution in [1.29, 1.82) is 0 Å². The molecule has 1 atom stereocenters. The third-order valence-electron chi connectivity index (χ3n) is 3.39. The topological polar surface area (TPSA) is 68.1 Å². The van der Waals surface area contributed by atoms with Gasteiger partial charge < -0.3 is 14.7 Å². The zero-order chi connectivity index (χ0) is 18.1. The molecule has 0 heterocycles. The first-order chi connectivity index (χ1) is 11.3. The lowest BCUT2D eigenvalue weighted by Gasteiger charge is -2.12. The molecule has 0 spiro atoms. The second-order valence-corrected chi connectivity index (χ2v) is 5.68. The highest BCUT2D eigenvalue weighted by Crippen LogP contribution is 2.20. The standard InChI is InChI=1S/C19H25NO4/c1-6-7-15(4)20-24-16(5)12-23-18-9-8-17(13(2)11-18)10-14(3)19(21)22/h6-9,11,14H,5,10,12H2,1-4H3,(H,21,22)/b7-6+,20-15+. The third kappa shape index (κ3) is 6.69. The van der Waals surface area contributed by atoms with E-state index >= 15 is 0 Å². The number of allylic oxidation sites excluding steroid dienone is 2. The summed E-state index contributed by atoms with van der Waals surface area (Å²) < 4.78 is 5.62. The monoisotopic (exact) mass is 331 g/mol. The molecule has 0 saturated heterocycles. The number of aryl methyl sites for hydroxylation is 1. The van der Waals surface area contributed by atoms with Gasteiger partial charge in [-0.25, -0.2) is 0 Å². The number of oxime groups is 1. The van der Waals surface area contributed by atoms with Crippen LogP contribution in [0.5, 0.6) is 5.75 Å². The van der Waals surface area contributed by atoms with Crippen LogP contribution in [0, 0.1) is 12.8 Å². The SMILES string of the molecule is C=C(COc1ccc(CC(C)C(=O)O)c(C)c1)O/N=C(C)/C=C/C. The molecule has 0 radical (unpaired) electrons. The maximum atomic E-state index is 10.9. The summed E-state index contributed by atoms with van der Waals surface area (Å²) in [6, 6.07) is 5.59. The van der Waals surface area contributed by atoms with Gasteiger partial charge in [-0.3, -0.25) is 4.79 Å². The fraction of sp³-hybridized carbons (Fsp3) is 0.368. The molecule has 1 N–H and O–H groups in total. The number of carboxylic acid groups (broad SMARTS) is 1. The number of hydrogen-bond acceptors (Lipinski definition) is 4. The number of aliphatic carboxylic acids is 1. The van der Waals surface area contributed by atoms with Gasteiger partial charge in [-0.05, 0) is 56.5 Å². The van der Waals surface area contributed by atoms with Crippen molar-refractivity contribution in [3.63, 3.8) is 0 Å². The Morgan fingerprint density at radius 1 is 1.46 bits per heavy atom. The number of carbonyl (C=O) groups is 1. The minimum Gasteiger partial charge on any atom is -0.486 e. The van der Waals surface area contributed by atoms with Gasteiger partial charge in [0, 0.05) is 0 Å². The molecule has 1 aromatic rings. The lowest BCUT2D eigenvalue weighted by molar-refractivity contribution is -0.141. The predicted molar refractivity (Wildman–Crippen MR) is 95.3 cm³/mol. The molecule has 0 bridgehead atoms. The summed E-state index contributed by atoms with van der Waals surface area (Å²) in [5.41, 5.74) is 2.74. The summed E-state index contributed by atoms with van der Waals surface area (Å²) >= 11 is 0. The average Bonchev–Trinajstić information content (AvgIpc) is 2.53. The first kappa shape index (κ1) is 19.5. The molecule has 24 heavy (non-hydrogen) atoms. The highest BCUT2D eigenvalue weighted by atomic mass is 16.6. The van der Waals surface area contributed by atoms with Gasteiger partial charge in [0.05, 0.1) is 11.6 Å². The largest absolute Gasteiger partial charge is 0.486 e. The number of ether oxygens (including phenoxy) is 1. The van der Waals surface area contributed by atoms with E-state index in [0.29, 0.717) is 17.9 Å². The van der Waals surface area contributed by atoms with Gasteiger partial charge in [0.2, 0.25) is 0 Å². The van der Waals surface area contributed by atoms with E-state index in [9.17, 15) is 4.79 Å². The van der Waals surface area contributed by atoms with Crippen LogP contribution in [0.1, 0.15) is 31.9 Å². The van der Waals surface area contributed by atoms with Crippen LogP contribution in [0.2, 0.25) is 0 Å². The predicted octanol–water partition coefficient (Wildman–Crippen LogP) is 4.12. The van der Waals surface area contributed by atoms with Gasteiger partial charge >= 0.3 is 5.97 Å². The number of nitrogens with zero attached hydrogens (tertiary/aromatic N) is 1. The molecule has 1 aromatic carbocycles. The van der Waals surface area contributed by atoms with Gasteiger partial charge in [0.25, 0.3) is 0 Å². The van der Waals surface area contributed by atoms with Crippen molar-refractivity contribution in [2.45, 2.75) is 34.1 Å². The molecule has 1 rings (SSSR count). The Hall–Kier alpha value is -2.56. The van der Waals surface area contributed by atoms with Gasteiger partial charge in [0.15, 0.2) is 5.76 Å². The molecule has 1 unspecified atom stereocenters. The van der Waals surface area contributed by atoms with Crippen molar-refractivity contribution in [3.05, 3.63) is 53.8 Å². The van der Waals surface area contributed by atoms with Crippen molar-refractivity contribution < 1.29 is 19.5 Å². The van der Waals surface area contributed by atoms with Crippen LogP contribution in [-0.4, -0.2) is 23.4 Å². The van der Waals surface area contributed by atoms with Crippen LogP contribution in [0.15, 0.2) is 47.8 Å². The summed E-state index contributed by atoms with van der Waals surface area (Å²) in [6.45, 7) is 11.3. The minimum absolute atomic E-state index is 0.191. The van der Waals surface area contributed by atoms with E-state index in [4.69, 9.17) is 14.7 Å². The lowest BCUT2D eigenvalue weighted by atomic mass is 9.97. The summed E-state index contributed by atoms with van der Waals surface area (Å²) in [4.78, 5) is 16.1. The number of rotatable bonds is 9. The summed E-state index contributed by atoms with van der Waals surface area (Å²) in [5, 5.41) is 12.9. The van der Waals surface area contributed by atoms with Crippen LogP contribution in [-0.2, 0) is 16.1 Å². The average molecular weight is 331 g/mol. The van der Waals surface area contributed by atoms with E-state index in [-0.39, 0.29) is 6.61 Å². The summed E-state index contributed by atoms with van der Waals surface area (Å²) in [7, 11) is 0. The van der Waals surface area contributed by atoms with E-state index < -0.39 is 11.9 Å². The first-order valence-corrected chi connectivity index (χ1v) is 7.80. The molecule has 0 saturated carbocycles. The van der Waals surface area contributed by atoms with Crippen molar-refractivity contribution in [1.82, 2.24) is 0 Å². The molecule has 0 amide bonds. The van der Waals surface area contributed by atoms with Crippen molar-refractivity contribution >= 4 is 11.7 Å². The van der Waals surface area contributed by atoms with Crippen LogP contribution < -0.4 is 4.74 Å². The Bertz CT molecular complexity index is 647. The van der Waals surface area contributed by atoms with Gasteiger partial charge in [-0.1, -0.05) is 30.8 Å². The van der Waals surface area contributed by atoms with Gasteiger partial charge in [0.1, 0.15) is 12.4 Å². The summed E-state index contributed by atoms with van der Waals surface area (Å²) in [6.07, 6.45) is 4.20. The van der Waals surface area contributed by atoms with E-state index in [1.165, 1.54) is 0 Å². The van der Waals surface area contributed by atoms with Crippen LogP contribution in [0.25, 0.3) is 0 Å². The summed E-state index contributed by atoms with van der Waals surface area (Å²) in [5.74, 6) is -0.128. The third-order valence-corrected chi connectivity index (χ3v) is 3.39. The van der Waals surface area contributed by atoms with Crippen LogP contribution >= 0.6 is 0 Å².